The first-order valence-corrected chi connectivity index (χ1v) is 3.32. The third kappa shape index (κ3) is 3.69. The first kappa shape index (κ1) is 10.1. The van der Waals surface area contributed by atoms with Crippen LogP contribution in [0.3, 0.4) is 0 Å². The second-order valence-corrected chi connectivity index (χ2v) is 1.87. The molecule has 0 aliphatic carbocycles. The molecule has 3 N–H and O–H groups in total. The van der Waals surface area contributed by atoms with Crippen LogP contribution >= 0.6 is 0 Å². The Kier molecular flexibility index (Phi) is 5.32. The molecule has 0 aromatic rings. The first-order chi connectivity index (χ1) is 5.26. The van der Waals surface area contributed by atoms with Crippen LogP contribution in [-0.2, 0) is 14.3 Å². The van der Waals surface area contributed by atoms with E-state index in [0.29, 0.717) is 6.29 Å². The molecule has 0 amide bonds. The number of hydrogen-bond donors (Lipinski definition) is 2. The first-order valence-electron chi connectivity index (χ1n) is 3.32. The van der Waals surface area contributed by atoms with Crippen LogP contribution in [0, 0.1) is 0 Å². The monoisotopic (exact) mass is 160 g/mol. The summed E-state index contributed by atoms with van der Waals surface area (Å²) in [6.45, 7) is 1.97. The Morgan fingerprint density at radius 2 is 2.45 bits per heavy atom. The van der Waals surface area contributed by atoms with Crippen LogP contribution in [0.15, 0.2) is 0 Å². The summed E-state index contributed by atoms with van der Waals surface area (Å²) in [5, 5.41) is 0. The van der Waals surface area contributed by atoms with Crippen LogP contribution in [0.4, 0.5) is 0 Å². The van der Waals surface area contributed by atoms with Crippen molar-refractivity contribution in [2.75, 3.05) is 6.61 Å². The predicted molar refractivity (Wildman–Crippen MR) is 38.4 cm³/mol. The molecule has 0 heterocycles. The van der Waals surface area contributed by atoms with E-state index in [-0.39, 0.29) is 13.0 Å². The molecule has 64 valence electrons. The number of rotatable bonds is 5. The van der Waals surface area contributed by atoms with Gasteiger partial charge in [0.25, 0.3) is 0 Å². The van der Waals surface area contributed by atoms with Gasteiger partial charge in [-0.15, -0.1) is 0 Å². The van der Waals surface area contributed by atoms with E-state index in [2.05, 4.69) is 10.2 Å². The fraction of sp³-hybridized carbons (Fsp3) is 0.667. The standard InChI is InChI=1S/C6H12N2O3/c1-2-11-6(10)5(8-7)3-4-9/h4-5,8H,2-3,7H2,1H3. The highest BCUT2D eigenvalue weighted by Gasteiger charge is 2.16. The van der Waals surface area contributed by atoms with E-state index in [1.54, 1.807) is 6.92 Å². The maximum atomic E-state index is 10.8. The van der Waals surface area contributed by atoms with E-state index < -0.39 is 12.0 Å². The van der Waals surface area contributed by atoms with E-state index in [1.807, 2.05) is 0 Å². The molecule has 0 spiro atoms. The van der Waals surface area contributed by atoms with Gasteiger partial charge in [-0.1, -0.05) is 0 Å². The molecular weight excluding hydrogens is 148 g/mol. The fourth-order valence-corrected chi connectivity index (χ4v) is 0.571. The molecular formula is C6H12N2O3. The van der Waals surface area contributed by atoms with Crippen LogP contribution in [0.1, 0.15) is 13.3 Å². The number of carbonyl (C=O) groups excluding carboxylic acids is 2. The van der Waals surface area contributed by atoms with Crippen molar-refractivity contribution in [3.05, 3.63) is 0 Å². The molecule has 1 atom stereocenters. The van der Waals surface area contributed by atoms with Gasteiger partial charge in [0.15, 0.2) is 0 Å². The summed E-state index contributed by atoms with van der Waals surface area (Å²) in [7, 11) is 0. The number of ether oxygens (including phenoxy) is 1. The number of hydrazine groups is 1. The summed E-state index contributed by atoms with van der Waals surface area (Å²) in [5.41, 5.74) is 2.18. The van der Waals surface area contributed by atoms with Gasteiger partial charge in [-0.05, 0) is 6.92 Å². The lowest BCUT2D eigenvalue weighted by atomic mass is 10.2. The fourth-order valence-electron chi connectivity index (χ4n) is 0.571. The third-order valence-corrected chi connectivity index (χ3v) is 1.10. The van der Waals surface area contributed by atoms with Crippen molar-refractivity contribution >= 4 is 12.3 Å². The predicted octanol–water partition coefficient (Wildman–Crippen LogP) is -1.03. The molecule has 0 aromatic carbocycles. The number of carbonyl (C=O) groups is 2. The SMILES string of the molecule is CCOC(=O)C(CC=O)NN. The van der Waals surface area contributed by atoms with E-state index in [9.17, 15) is 9.59 Å². The largest absolute Gasteiger partial charge is 0.465 e. The van der Waals surface area contributed by atoms with E-state index in [0.717, 1.165) is 0 Å². The van der Waals surface area contributed by atoms with Crippen molar-refractivity contribution in [2.24, 2.45) is 5.84 Å². The minimum Gasteiger partial charge on any atom is -0.465 e. The lowest BCUT2D eigenvalue weighted by Gasteiger charge is -2.10. The molecule has 5 heteroatoms. The topological polar surface area (TPSA) is 81.4 Å². The normalized spacial score (nSPS) is 12.2. The van der Waals surface area contributed by atoms with Gasteiger partial charge in [0.2, 0.25) is 0 Å². The second-order valence-electron chi connectivity index (χ2n) is 1.87. The van der Waals surface area contributed by atoms with Crippen LogP contribution < -0.4 is 11.3 Å². The van der Waals surface area contributed by atoms with Gasteiger partial charge in [-0.25, -0.2) is 5.43 Å². The van der Waals surface area contributed by atoms with Crippen molar-refractivity contribution in [1.82, 2.24) is 5.43 Å². The summed E-state index contributed by atoms with van der Waals surface area (Å²) >= 11 is 0. The lowest BCUT2D eigenvalue weighted by Crippen LogP contribution is -2.42. The van der Waals surface area contributed by atoms with Crippen LogP contribution in [0.25, 0.3) is 0 Å². The average molecular weight is 160 g/mol. The number of esters is 1. The number of nitrogens with two attached hydrogens (primary N) is 1. The summed E-state index contributed by atoms with van der Waals surface area (Å²) in [6, 6.07) is -0.715. The van der Waals surface area contributed by atoms with Gasteiger partial charge in [-0.3, -0.25) is 10.6 Å². The van der Waals surface area contributed by atoms with Crippen molar-refractivity contribution < 1.29 is 14.3 Å². The van der Waals surface area contributed by atoms with E-state index >= 15 is 0 Å². The molecule has 0 rings (SSSR count). The van der Waals surface area contributed by atoms with Gasteiger partial charge >= 0.3 is 5.97 Å². The maximum absolute atomic E-state index is 10.8. The van der Waals surface area contributed by atoms with Gasteiger partial charge in [0, 0.05) is 6.42 Å². The minimum atomic E-state index is -0.715. The number of nitrogens with one attached hydrogen (secondary N) is 1. The third-order valence-electron chi connectivity index (χ3n) is 1.10. The lowest BCUT2D eigenvalue weighted by molar-refractivity contribution is -0.146. The molecule has 0 radical (unpaired) electrons. The van der Waals surface area contributed by atoms with Crippen molar-refractivity contribution in [3.8, 4) is 0 Å². The van der Waals surface area contributed by atoms with E-state index in [1.165, 1.54) is 0 Å². The highest BCUT2D eigenvalue weighted by Crippen LogP contribution is 1.90. The molecule has 0 aromatic heterocycles. The molecule has 0 bridgehead atoms. The highest BCUT2D eigenvalue weighted by atomic mass is 16.5. The van der Waals surface area contributed by atoms with Gasteiger partial charge in [0.05, 0.1) is 6.61 Å². The highest BCUT2D eigenvalue weighted by molar-refractivity contribution is 5.78. The Bertz CT molecular complexity index is 138. The zero-order valence-corrected chi connectivity index (χ0v) is 6.37. The Morgan fingerprint density at radius 1 is 1.82 bits per heavy atom. The zero-order chi connectivity index (χ0) is 8.69. The quantitative estimate of drug-likeness (QED) is 0.232. The average Bonchev–Trinajstić information content (AvgIpc) is 2.00. The molecule has 0 aliphatic rings. The zero-order valence-electron chi connectivity index (χ0n) is 6.37. The van der Waals surface area contributed by atoms with E-state index in [4.69, 9.17) is 5.84 Å². The number of aldehydes is 1. The van der Waals surface area contributed by atoms with Crippen molar-refractivity contribution in [2.45, 2.75) is 19.4 Å². The molecule has 1 unspecified atom stereocenters. The Morgan fingerprint density at radius 3 is 2.82 bits per heavy atom. The van der Waals surface area contributed by atoms with Crippen molar-refractivity contribution in [3.63, 3.8) is 0 Å². The molecule has 0 fully saturated rings. The van der Waals surface area contributed by atoms with Crippen molar-refractivity contribution in [1.29, 1.82) is 0 Å². The smallest absolute Gasteiger partial charge is 0.324 e. The Hall–Kier alpha value is -0.940. The van der Waals surface area contributed by atoms with Crippen LogP contribution in [-0.4, -0.2) is 24.9 Å². The van der Waals surface area contributed by atoms with Gasteiger partial charge in [-0.2, -0.15) is 0 Å². The molecule has 11 heavy (non-hydrogen) atoms. The number of hydrogen-bond acceptors (Lipinski definition) is 5. The molecule has 0 saturated carbocycles. The molecule has 0 aliphatic heterocycles. The summed E-state index contributed by atoms with van der Waals surface area (Å²) < 4.78 is 4.61. The van der Waals surface area contributed by atoms with Crippen LogP contribution in [0.2, 0.25) is 0 Å². The second kappa shape index (κ2) is 5.82. The Labute approximate surface area is 64.9 Å². The molecule has 5 nitrogen and oxygen atoms in total. The summed E-state index contributed by atoms with van der Waals surface area (Å²) in [6.07, 6.45) is 0.650. The van der Waals surface area contributed by atoms with Crippen LogP contribution in [0.5, 0.6) is 0 Å². The summed E-state index contributed by atoms with van der Waals surface area (Å²) in [4.78, 5) is 20.8. The Balaban J connectivity index is 3.80. The minimum absolute atomic E-state index is 0.0370. The summed E-state index contributed by atoms with van der Waals surface area (Å²) in [5.74, 6) is 4.48. The van der Waals surface area contributed by atoms with Gasteiger partial charge in [0.1, 0.15) is 12.3 Å². The van der Waals surface area contributed by atoms with Gasteiger partial charge < -0.3 is 9.53 Å². The maximum Gasteiger partial charge on any atom is 0.324 e. The molecule has 0 saturated heterocycles.